The van der Waals surface area contributed by atoms with Crippen LogP contribution in [0.4, 0.5) is 13.2 Å². The predicted molar refractivity (Wildman–Crippen MR) is 123 cm³/mol. The second-order valence-electron chi connectivity index (χ2n) is 8.51. The third-order valence-electron chi connectivity index (χ3n) is 6.00. The fraction of sp³-hybridized carbons (Fsp3) is 0.240. The first kappa shape index (κ1) is 22.9. The first-order valence-corrected chi connectivity index (χ1v) is 11.0. The minimum absolute atomic E-state index is 0.0801. The van der Waals surface area contributed by atoms with Crippen molar-refractivity contribution in [3.05, 3.63) is 88.1 Å². The van der Waals surface area contributed by atoms with Crippen LogP contribution in [0.2, 0.25) is 0 Å². The lowest BCUT2D eigenvalue weighted by atomic mass is 10.0. The van der Waals surface area contributed by atoms with Gasteiger partial charge in [0.25, 0.3) is 11.5 Å². The van der Waals surface area contributed by atoms with E-state index in [0.29, 0.717) is 47.6 Å². The zero-order valence-electron chi connectivity index (χ0n) is 18.4. The third kappa shape index (κ3) is 4.69. The molecular formula is C25H21F3N4O3. The molecule has 0 saturated carbocycles. The van der Waals surface area contributed by atoms with Gasteiger partial charge < -0.3 is 14.6 Å². The molecule has 0 unspecified atom stereocenters. The van der Waals surface area contributed by atoms with Gasteiger partial charge in [0.2, 0.25) is 0 Å². The Morgan fingerprint density at radius 1 is 1.17 bits per heavy atom. The van der Waals surface area contributed by atoms with Crippen LogP contribution in [0.3, 0.4) is 0 Å². The molecule has 1 aliphatic heterocycles. The standard InChI is InChI=1S/C25H21F3N4O3/c26-25(27,28)22-21(11-30-31-22)17-4-5-20-18(9-17)6-7-32(24(20)34)12-15-2-1-3-19(8-15)23(33)29-10-16-13-35-14-16/h1-9,11,16H,10,12-14H2,(H,29,33)(H,30,31). The van der Waals surface area contributed by atoms with E-state index in [1.165, 1.54) is 22.9 Å². The zero-order valence-corrected chi connectivity index (χ0v) is 18.4. The van der Waals surface area contributed by atoms with Crippen LogP contribution < -0.4 is 10.9 Å². The quantitative estimate of drug-likeness (QED) is 0.437. The molecule has 2 aromatic heterocycles. The number of aromatic nitrogens is 3. The molecule has 180 valence electrons. The Kier molecular flexibility index (Phi) is 5.89. The van der Waals surface area contributed by atoms with Gasteiger partial charge in [-0.15, -0.1) is 0 Å². The van der Waals surface area contributed by atoms with Crippen LogP contribution in [0.15, 0.2) is 65.7 Å². The van der Waals surface area contributed by atoms with E-state index in [4.69, 9.17) is 4.74 Å². The van der Waals surface area contributed by atoms with Crippen LogP contribution in [0.5, 0.6) is 0 Å². The SMILES string of the molecule is O=C(NCC1COC1)c1cccc(Cn2ccc3cc(-c4c[nH]nc4C(F)(F)F)ccc3c2=O)c1. The van der Waals surface area contributed by atoms with E-state index in [1.807, 2.05) is 6.07 Å². The Morgan fingerprint density at radius 3 is 2.74 bits per heavy atom. The molecule has 3 heterocycles. The summed E-state index contributed by atoms with van der Waals surface area (Å²) < 4.78 is 46.3. The molecule has 4 aromatic rings. The number of benzene rings is 2. The van der Waals surface area contributed by atoms with Gasteiger partial charge in [0.1, 0.15) is 0 Å². The number of H-pyrrole nitrogens is 1. The van der Waals surface area contributed by atoms with Crippen molar-refractivity contribution >= 4 is 16.7 Å². The highest BCUT2D eigenvalue weighted by atomic mass is 19.4. The van der Waals surface area contributed by atoms with Gasteiger partial charge in [0.05, 0.1) is 19.8 Å². The number of pyridine rings is 1. The minimum atomic E-state index is -4.59. The highest BCUT2D eigenvalue weighted by Crippen LogP contribution is 2.36. The molecule has 0 aliphatic carbocycles. The maximum atomic E-state index is 13.2. The number of amides is 1. The minimum Gasteiger partial charge on any atom is -0.381 e. The summed E-state index contributed by atoms with van der Waals surface area (Å²) in [7, 11) is 0. The average molecular weight is 482 g/mol. The first-order chi connectivity index (χ1) is 16.8. The number of carbonyl (C=O) groups is 1. The van der Waals surface area contributed by atoms with Crippen LogP contribution in [-0.4, -0.2) is 40.4 Å². The van der Waals surface area contributed by atoms with Crippen molar-refractivity contribution in [2.24, 2.45) is 5.92 Å². The summed E-state index contributed by atoms with van der Waals surface area (Å²) in [5.74, 6) is 0.155. The van der Waals surface area contributed by atoms with Gasteiger partial charge in [0.15, 0.2) is 5.69 Å². The van der Waals surface area contributed by atoms with E-state index in [-0.39, 0.29) is 23.6 Å². The number of nitrogens with zero attached hydrogens (tertiary/aromatic N) is 2. The second-order valence-corrected chi connectivity index (χ2v) is 8.51. The topological polar surface area (TPSA) is 89.0 Å². The number of rotatable bonds is 6. The van der Waals surface area contributed by atoms with Crippen molar-refractivity contribution in [3.8, 4) is 11.1 Å². The number of hydrogen-bond acceptors (Lipinski definition) is 4. The number of nitrogens with one attached hydrogen (secondary N) is 2. The lowest BCUT2D eigenvalue weighted by Crippen LogP contribution is -2.39. The summed E-state index contributed by atoms with van der Waals surface area (Å²) >= 11 is 0. The molecule has 5 rings (SSSR count). The Hall–Kier alpha value is -3.92. The van der Waals surface area contributed by atoms with Crippen LogP contribution in [-0.2, 0) is 17.5 Å². The van der Waals surface area contributed by atoms with E-state index in [2.05, 4.69) is 15.5 Å². The van der Waals surface area contributed by atoms with Crippen molar-refractivity contribution < 1.29 is 22.7 Å². The molecule has 10 heteroatoms. The van der Waals surface area contributed by atoms with Crippen LogP contribution in [0.1, 0.15) is 21.6 Å². The molecular weight excluding hydrogens is 461 g/mol. The third-order valence-corrected chi connectivity index (χ3v) is 6.00. The lowest BCUT2D eigenvalue weighted by molar-refractivity contribution is -0.140. The molecule has 0 bridgehead atoms. The first-order valence-electron chi connectivity index (χ1n) is 11.0. The van der Waals surface area contributed by atoms with Crippen LogP contribution >= 0.6 is 0 Å². The maximum absolute atomic E-state index is 13.2. The van der Waals surface area contributed by atoms with E-state index >= 15 is 0 Å². The van der Waals surface area contributed by atoms with Gasteiger partial charge in [-0.1, -0.05) is 18.2 Å². The van der Waals surface area contributed by atoms with Gasteiger partial charge in [-0.05, 0) is 46.8 Å². The van der Waals surface area contributed by atoms with Crippen molar-refractivity contribution in [1.29, 1.82) is 0 Å². The summed E-state index contributed by atoms with van der Waals surface area (Å²) in [5.41, 5.74) is 0.219. The van der Waals surface area contributed by atoms with Crippen molar-refractivity contribution in [1.82, 2.24) is 20.1 Å². The summed E-state index contributed by atoms with van der Waals surface area (Å²) in [6, 6.07) is 13.3. The maximum Gasteiger partial charge on any atom is 0.435 e. The number of ether oxygens (including phenoxy) is 1. The van der Waals surface area contributed by atoms with Gasteiger partial charge >= 0.3 is 6.18 Å². The smallest absolute Gasteiger partial charge is 0.381 e. The highest BCUT2D eigenvalue weighted by Gasteiger charge is 2.36. The number of aromatic amines is 1. The Bertz CT molecular complexity index is 1450. The summed E-state index contributed by atoms with van der Waals surface area (Å²) in [6.45, 7) is 2.10. The average Bonchev–Trinajstić information content (AvgIpc) is 3.31. The molecule has 1 saturated heterocycles. The Balaban J connectivity index is 1.38. The summed E-state index contributed by atoms with van der Waals surface area (Å²) in [5, 5.41) is 9.37. The van der Waals surface area contributed by atoms with Crippen molar-refractivity contribution in [2.75, 3.05) is 19.8 Å². The number of hydrogen-bond donors (Lipinski definition) is 2. The summed E-state index contributed by atoms with van der Waals surface area (Å²) in [6.07, 6.45) is -1.81. The van der Waals surface area contributed by atoms with Crippen molar-refractivity contribution in [2.45, 2.75) is 12.7 Å². The fourth-order valence-corrected chi connectivity index (χ4v) is 4.06. The van der Waals surface area contributed by atoms with Gasteiger partial charge in [-0.3, -0.25) is 14.7 Å². The fourth-order valence-electron chi connectivity index (χ4n) is 4.06. The lowest BCUT2D eigenvalue weighted by Gasteiger charge is -2.25. The summed E-state index contributed by atoms with van der Waals surface area (Å²) in [4.78, 5) is 25.5. The van der Waals surface area contributed by atoms with E-state index < -0.39 is 11.9 Å². The van der Waals surface area contributed by atoms with E-state index in [0.717, 1.165) is 5.56 Å². The van der Waals surface area contributed by atoms with Crippen LogP contribution in [0, 0.1) is 5.92 Å². The van der Waals surface area contributed by atoms with E-state index in [1.54, 1.807) is 36.5 Å². The van der Waals surface area contributed by atoms with Gasteiger partial charge in [-0.25, -0.2) is 0 Å². The predicted octanol–water partition coefficient (Wildman–Crippen LogP) is 3.83. The van der Waals surface area contributed by atoms with E-state index in [9.17, 15) is 22.8 Å². The molecule has 0 atom stereocenters. The van der Waals surface area contributed by atoms with Gasteiger partial charge in [-0.2, -0.15) is 18.3 Å². The molecule has 1 aliphatic rings. The molecule has 0 radical (unpaired) electrons. The second kappa shape index (κ2) is 9.03. The monoisotopic (exact) mass is 482 g/mol. The molecule has 7 nitrogen and oxygen atoms in total. The molecule has 1 amide bonds. The number of halogens is 3. The normalized spacial score (nSPS) is 14.1. The van der Waals surface area contributed by atoms with Gasteiger partial charge in [0, 0.05) is 41.4 Å². The van der Waals surface area contributed by atoms with Crippen LogP contribution in [0.25, 0.3) is 21.9 Å². The number of fused-ring (bicyclic) bond motifs is 1. The molecule has 1 fully saturated rings. The Labute approximate surface area is 197 Å². The number of alkyl halides is 3. The number of carbonyl (C=O) groups excluding carboxylic acids is 1. The molecule has 35 heavy (non-hydrogen) atoms. The molecule has 2 N–H and O–H groups in total. The Morgan fingerprint density at radius 2 is 2.00 bits per heavy atom. The zero-order chi connectivity index (χ0) is 24.6. The molecule has 0 spiro atoms. The van der Waals surface area contributed by atoms with Crippen molar-refractivity contribution in [3.63, 3.8) is 0 Å². The molecule has 2 aromatic carbocycles. The highest BCUT2D eigenvalue weighted by molar-refractivity contribution is 5.94. The largest absolute Gasteiger partial charge is 0.435 e.